The molecule has 2 aliphatic heterocycles. The van der Waals surface area contributed by atoms with Gasteiger partial charge >= 0.3 is 5.97 Å². The Kier molecular flexibility index (Phi) is 11.5. The molecule has 2 aliphatic rings. The van der Waals surface area contributed by atoms with Crippen LogP contribution < -0.4 is 27.4 Å². The predicted octanol–water partition coefficient (Wildman–Crippen LogP) is 0.218. The van der Waals surface area contributed by atoms with Crippen LogP contribution in [-0.4, -0.2) is 82.3 Å². The molecule has 4 rings (SSSR count). The first-order valence-corrected chi connectivity index (χ1v) is 15.2. The minimum absolute atomic E-state index is 0.0561. The number of aliphatic imine (C=N–C) groups is 1. The summed E-state index contributed by atoms with van der Waals surface area (Å²) in [6.07, 6.45) is 2.79. The summed E-state index contributed by atoms with van der Waals surface area (Å²) in [5.74, 6) is -3.11. The molecule has 0 unspecified atom stereocenters. The van der Waals surface area contributed by atoms with E-state index < -0.39 is 42.0 Å². The van der Waals surface area contributed by atoms with Crippen LogP contribution >= 0.6 is 0 Å². The fourth-order valence-electron chi connectivity index (χ4n) is 5.94. The fraction of sp³-hybridized carbons (Fsp3) is 0.438. The van der Waals surface area contributed by atoms with E-state index in [1.54, 1.807) is 24.3 Å². The van der Waals surface area contributed by atoms with Crippen LogP contribution in [0.4, 0.5) is 0 Å². The lowest BCUT2D eigenvalue weighted by Gasteiger charge is -2.38. The second-order valence-corrected chi connectivity index (χ2v) is 11.5. The Morgan fingerprint density at radius 2 is 1.53 bits per heavy atom. The zero-order valence-corrected chi connectivity index (χ0v) is 25.1. The lowest BCUT2D eigenvalue weighted by Crippen LogP contribution is -2.60. The number of nitrogens with zero attached hydrogens (tertiary/aromatic N) is 2. The van der Waals surface area contributed by atoms with Crippen LogP contribution in [0.3, 0.4) is 0 Å². The highest BCUT2D eigenvalue weighted by atomic mass is 16.4. The monoisotopic (exact) mass is 619 g/mol. The Balaban J connectivity index is 1.42. The van der Waals surface area contributed by atoms with Gasteiger partial charge in [-0.05, 0) is 49.7 Å². The van der Waals surface area contributed by atoms with E-state index in [4.69, 9.17) is 11.5 Å². The molecule has 2 aromatic rings. The lowest BCUT2D eigenvalue weighted by atomic mass is 9.97. The summed E-state index contributed by atoms with van der Waals surface area (Å²) < 4.78 is 0. The molecule has 5 atom stereocenters. The Labute approximate surface area is 261 Å². The number of carboxylic acids is 1. The third-order valence-electron chi connectivity index (χ3n) is 8.16. The Morgan fingerprint density at radius 1 is 0.889 bits per heavy atom. The highest BCUT2D eigenvalue weighted by molar-refractivity contribution is 5.96. The number of benzene rings is 2. The molecular weight excluding hydrogens is 578 g/mol. The van der Waals surface area contributed by atoms with Gasteiger partial charge in [-0.3, -0.25) is 24.2 Å². The van der Waals surface area contributed by atoms with E-state index in [-0.39, 0.29) is 49.6 Å². The largest absolute Gasteiger partial charge is 0.480 e. The van der Waals surface area contributed by atoms with Crippen molar-refractivity contribution >= 4 is 35.6 Å². The quantitative estimate of drug-likeness (QED) is 0.0976. The molecule has 2 saturated heterocycles. The van der Waals surface area contributed by atoms with Crippen LogP contribution in [0, 0.1) is 0 Å². The van der Waals surface area contributed by atoms with Crippen molar-refractivity contribution in [1.29, 1.82) is 0 Å². The van der Waals surface area contributed by atoms with Gasteiger partial charge in [0.1, 0.15) is 24.2 Å². The first kappa shape index (κ1) is 33.0. The molecule has 8 N–H and O–H groups in total. The van der Waals surface area contributed by atoms with E-state index >= 15 is 0 Å². The first-order valence-electron chi connectivity index (χ1n) is 15.2. The molecule has 2 heterocycles. The van der Waals surface area contributed by atoms with Gasteiger partial charge in [-0.2, -0.15) is 0 Å². The van der Waals surface area contributed by atoms with Gasteiger partial charge in [0.2, 0.25) is 23.6 Å². The number of carbonyl (C=O) groups excluding carboxylic acids is 4. The van der Waals surface area contributed by atoms with Crippen LogP contribution in [0.25, 0.3) is 0 Å². The maximum absolute atomic E-state index is 13.6. The molecule has 0 saturated carbocycles. The Bertz CT molecular complexity index is 1380. The van der Waals surface area contributed by atoms with Gasteiger partial charge in [0, 0.05) is 19.0 Å². The molecule has 0 bridgehead atoms. The summed E-state index contributed by atoms with van der Waals surface area (Å²) in [6, 6.07) is 14.1. The van der Waals surface area contributed by atoms with Crippen molar-refractivity contribution in [3.8, 4) is 0 Å². The molecular formula is C32H41N7O6. The van der Waals surface area contributed by atoms with Crippen molar-refractivity contribution in [3.05, 3.63) is 71.8 Å². The van der Waals surface area contributed by atoms with Crippen molar-refractivity contribution in [1.82, 2.24) is 20.9 Å². The van der Waals surface area contributed by atoms with Crippen molar-refractivity contribution in [2.24, 2.45) is 16.5 Å². The zero-order chi connectivity index (χ0) is 32.3. The van der Waals surface area contributed by atoms with E-state index in [9.17, 15) is 29.1 Å². The van der Waals surface area contributed by atoms with E-state index in [1.165, 1.54) is 4.90 Å². The van der Waals surface area contributed by atoms with E-state index in [0.29, 0.717) is 32.1 Å². The molecule has 0 aromatic heterocycles. The molecule has 4 amide bonds. The number of nitrogens with one attached hydrogen (secondary N) is 3. The maximum atomic E-state index is 13.6. The maximum Gasteiger partial charge on any atom is 0.326 e. The minimum Gasteiger partial charge on any atom is -0.480 e. The molecule has 2 fully saturated rings. The molecule has 45 heavy (non-hydrogen) atoms. The number of fused-ring (bicyclic) bond motifs is 1. The number of aliphatic carboxylic acids is 1. The summed E-state index contributed by atoms with van der Waals surface area (Å²) in [7, 11) is 0. The average molecular weight is 620 g/mol. The van der Waals surface area contributed by atoms with Crippen molar-refractivity contribution < 1.29 is 29.1 Å². The number of carboxylic acid groups (broad SMARTS) is 1. The smallest absolute Gasteiger partial charge is 0.326 e. The summed E-state index contributed by atoms with van der Waals surface area (Å²) in [5.41, 5.74) is 12.4. The Morgan fingerprint density at radius 3 is 2.18 bits per heavy atom. The number of carbonyl (C=O) groups is 5. The molecule has 0 aliphatic carbocycles. The molecule has 240 valence electrons. The van der Waals surface area contributed by atoms with Gasteiger partial charge in [-0.15, -0.1) is 0 Å². The summed E-state index contributed by atoms with van der Waals surface area (Å²) >= 11 is 0. The Hall–Kier alpha value is -4.94. The van der Waals surface area contributed by atoms with Gasteiger partial charge in [0.25, 0.3) is 0 Å². The average Bonchev–Trinajstić information content (AvgIpc) is 3.45. The first-order chi connectivity index (χ1) is 21.6. The highest BCUT2D eigenvalue weighted by Gasteiger charge is 2.46. The number of piperidine rings is 1. The van der Waals surface area contributed by atoms with Crippen LogP contribution in [-0.2, 0) is 36.8 Å². The van der Waals surface area contributed by atoms with Crippen LogP contribution in [0.2, 0.25) is 0 Å². The minimum atomic E-state index is -1.23. The number of amides is 4. The molecule has 0 radical (unpaired) electrons. The SMILES string of the molecule is NC(N)=NCCC[C@H](NC(=O)[C@@H]1CC[C@@H]2CC[C@H](NC(=O)Cc3ccccc3)C(=O)N21)C(=O)N[C@H](Cc1ccccc1)C(=O)O. The standard InChI is InChI=1S/C32H41N7O6/c33-32(34)35-17-7-12-23(28(41)38-25(31(44)45)18-20-8-3-1-4-9-20)37-29(42)26-16-14-22-13-15-24(30(43)39(22)26)36-27(40)19-21-10-5-2-6-11-21/h1-6,8-11,22-26H,7,12-19H2,(H,36,40)(H,37,42)(H,38,41)(H,44,45)(H4,33,34,35)/t22-,23-,24-,25+,26-/m0/s1. The van der Waals surface area contributed by atoms with Crippen LogP contribution in [0.15, 0.2) is 65.7 Å². The lowest BCUT2D eigenvalue weighted by molar-refractivity contribution is -0.147. The van der Waals surface area contributed by atoms with Gasteiger partial charge in [0.05, 0.1) is 6.42 Å². The van der Waals surface area contributed by atoms with Gasteiger partial charge in [-0.25, -0.2) is 4.79 Å². The summed E-state index contributed by atoms with van der Waals surface area (Å²) in [5, 5.41) is 17.9. The fourth-order valence-corrected chi connectivity index (χ4v) is 5.94. The molecule has 13 nitrogen and oxygen atoms in total. The molecule has 2 aromatic carbocycles. The van der Waals surface area contributed by atoms with Crippen LogP contribution in [0.5, 0.6) is 0 Å². The molecule has 0 spiro atoms. The van der Waals surface area contributed by atoms with Gasteiger partial charge in [0.15, 0.2) is 5.96 Å². The second kappa shape index (κ2) is 15.7. The van der Waals surface area contributed by atoms with E-state index in [0.717, 1.165) is 11.1 Å². The molecule has 13 heteroatoms. The van der Waals surface area contributed by atoms with Crippen molar-refractivity contribution in [3.63, 3.8) is 0 Å². The van der Waals surface area contributed by atoms with Gasteiger partial charge < -0.3 is 37.4 Å². The summed E-state index contributed by atoms with van der Waals surface area (Å²) in [6.45, 7) is 0.203. The van der Waals surface area contributed by atoms with Crippen LogP contribution in [0.1, 0.15) is 49.7 Å². The van der Waals surface area contributed by atoms with E-state index in [2.05, 4.69) is 20.9 Å². The number of nitrogens with two attached hydrogens (primary N) is 2. The van der Waals surface area contributed by atoms with Gasteiger partial charge in [-0.1, -0.05) is 60.7 Å². The zero-order valence-electron chi connectivity index (χ0n) is 25.1. The summed E-state index contributed by atoms with van der Waals surface area (Å²) in [4.78, 5) is 70.7. The highest BCUT2D eigenvalue weighted by Crippen LogP contribution is 2.33. The normalized spacial score (nSPS) is 20.3. The predicted molar refractivity (Wildman–Crippen MR) is 167 cm³/mol. The van der Waals surface area contributed by atoms with Crippen molar-refractivity contribution in [2.75, 3.05) is 6.54 Å². The number of hydrogen-bond donors (Lipinski definition) is 6. The third-order valence-corrected chi connectivity index (χ3v) is 8.16. The number of hydrogen-bond acceptors (Lipinski definition) is 6. The van der Waals surface area contributed by atoms with Crippen molar-refractivity contribution in [2.45, 2.75) is 81.6 Å². The topological polar surface area (TPSA) is 209 Å². The number of rotatable bonds is 14. The third kappa shape index (κ3) is 9.27. The number of guanidine groups is 1. The van der Waals surface area contributed by atoms with E-state index in [1.807, 2.05) is 36.4 Å². The second-order valence-electron chi connectivity index (χ2n) is 11.5.